The first-order valence-electron chi connectivity index (χ1n) is 6.45. The molecule has 0 saturated carbocycles. The minimum atomic E-state index is 0.0482. The minimum absolute atomic E-state index is 0.0482. The van der Waals surface area contributed by atoms with Gasteiger partial charge in [0.05, 0.1) is 15.3 Å². The number of aromatic nitrogens is 2. The van der Waals surface area contributed by atoms with Gasteiger partial charge in [-0.25, -0.2) is 0 Å². The van der Waals surface area contributed by atoms with Crippen LogP contribution in [-0.4, -0.2) is 22.1 Å². The van der Waals surface area contributed by atoms with Gasteiger partial charge in [-0.2, -0.15) is 0 Å². The lowest BCUT2D eigenvalue weighted by atomic mass is 10.3. The summed E-state index contributed by atoms with van der Waals surface area (Å²) in [5, 5.41) is 10.3. The SMILES string of the molecule is CC(c1nnc(-c2cccs2)o1)N(C)Cc1ccc(Cl)s1. The molecule has 3 aromatic heterocycles. The van der Waals surface area contributed by atoms with E-state index >= 15 is 0 Å². The summed E-state index contributed by atoms with van der Waals surface area (Å²) in [5.74, 6) is 1.21. The Balaban J connectivity index is 1.71. The molecule has 3 heterocycles. The molecule has 110 valence electrons. The van der Waals surface area contributed by atoms with E-state index in [-0.39, 0.29) is 6.04 Å². The van der Waals surface area contributed by atoms with Crippen LogP contribution in [0.5, 0.6) is 0 Å². The van der Waals surface area contributed by atoms with Crippen molar-refractivity contribution in [1.82, 2.24) is 15.1 Å². The number of thiophene rings is 2. The number of nitrogens with zero attached hydrogens (tertiary/aromatic N) is 3. The van der Waals surface area contributed by atoms with Crippen molar-refractivity contribution in [3.63, 3.8) is 0 Å². The van der Waals surface area contributed by atoms with Crippen LogP contribution in [0.1, 0.15) is 23.7 Å². The van der Waals surface area contributed by atoms with Gasteiger partial charge in [0.15, 0.2) is 0 Å². The van der Waals surface area contributed by atoms with Gasteiger partial charge in [-0.3, -0.25) is 4.90 Å². The van der Waals surface area contributed by atoms with E-state index in [4.69, 9.17) is 16.0 Å². The normalized spacial score (nSPS) is 13.0. The van der Waals surface area contributed by atoms with Crippen LogP contribution in [0.15, 0.2) is 34.1 Å². The van der Waals surface area contributed by atoms with Crippen molar-refractivity contribution in [3.05, 3.63) is 44.7 Å². The summed E-state index contributed by atoms with van der Waals surface area (Å²) < 4.78 is 6.59. The molecule has 0 aliphatic heterocycles. The third-order valence-electron chi connectivity index (χ3n) is 3.23. The molecule has 0 aromatic carbocycles. The van der Waals surface area contributed by atoms with Crippen LogP contribution in [0.2, 0.25) is 4.34 Å². The van der Waals surface area contributed by atoms with E-state index in [0.29, 0.717) is 11.8 Å². The molecule has 21 heavy (non-hydrogen) atoms. The summed E-state index contributed by atoms with van der Waals surface area (Å²) in [6, 6.07) is 7.96. The topological polar surface area (TPSA) is 42.2 Å². The van der Waals surface area contributed by atoms with E-state index in [9.17, 15) is 0 Å². The van der Waals surface area contributed by atoms with E-state index in [1.165, 1.54) is 4.88 Å². The van der Waals surface area contributed by atoms with Crippen molar-refractivity contribution >= 4 is 34.3 Å². The highest BCUT2D eigenvalue weighted by Gasteiger charge is 2.20. The number of halogens is 1. The van der Waals surface area contributed by atoms with Gasteiger partial charge in [0, 0.05) is 11.4 Å². The molecule has 0 fully saturated rings. The molecule has 3 aromatic rings. The highest BCUT2D eigenvalue weighted by molar-refractivity contribution is 7.16. The Morgan fingerprint density at radius 1 is 1.33 bits per heavy atom. The lowest BCUT2D eigenvalue weighted by molar-refractivity contribution is 0.220. The highest BCUT2D eigenvalue weighted by atomic mass is 35.5. The molecule has 3 rings (SSSR count). The van der Waals surface area contributed by atoms with E-state index in [0.717, 1.165) is 15.8 Å². The average Bonchev–Trinajstić information content (AvgIpc) is 3.18. The van der Waals surface area contributed by atoms with Gasteiger partial charge < -0.3 is 4.42 Å². The number of hydrogen-bond donors (Lipinski definition) is 0. The average molecular weight is 340 g/mol. The predicted octanol–water partition coefficient (Wildman–Crippen LogP) is 4.71. The zero-order valence-electron chi connectivity index (χ0n) is 11.6. The summed E-state index contributed by atoms with van der Waals surface area (Å²) in [4.78, 5) is 4.37. The maximum Gasteiger partial charge on any atom is 0.257 e. The molecule has 0 aliphatic carbocycles. The molecule has 7 heteroatoms. The third-order valence-corrected chi connectivity index (χ3v) is 5.30. The Hall–Kier alpha value is -1.21. The maximum absolute atomic E-state index is 5.96. The van der Waals surface area contributed by atoms with Crippen molar-refractivity contribution in [2.75, 3.05) is 7.05 Å². The van der Waals surface area contributed by atoms with Crippen LogP contribution < -0.4 is 0 Å². The van der Waals surface area contributed by atoms with Gasteiger partial charge in [-0.1, -0.05) is 17.7 Å². The monoisotopic (exact) mass is 339 g/mol. The minimum Gasteiger partial charge on any atom is -0.418 e. The fourth-order valence-electron chi connectivity index (χ4n) is 1.91. The summed E-state index contributed by atoms with van der Waals surface area (Å²) in [6.07, 6.45) is 0. The van der Waals surface area contributed by atoms with E-state index in [2.05, 4.69) is 22.0 Å². The summed E-state index contributed by atoms with van der Waals surface area (Å²) in [6.45, 7) is 2.86. The fourth-order valence-corrected chi connectivity index (χ4v) is 3.71. The number of hydrogen-bond acceptors (Lipinski definition) is 6. The van der Waals surface area contributed by atoms with Crippen molar-refractivity contribution in [1.29, 1.82) is 0 Å². The second kappa shape index (κ2) is 6.27. The Morgan fingerprint density at radius 3 is 2.86 bits per heavy atom. The van der Waals surface area contributed by atoms with Crippen LogP contribution in [0.25, 0.3) is 10.8 Å². The molecule has 0 bridgehead atoms. The van der Waals surface area contributed by atoms with Crippen molar-refractivity contribution in [2.24, 2.45) is 0 Å². The maximum atomic E-state index is 5.96. The van der Waals surface area contributed by atoms with Crippen LogP contribution in [0.4, 0.5) is 0 Å². The second-order valence-corrected chi connectivity index (χ2v) is 7.47. The van der Waals surface area contributed by atoms with Gasteiger partial charge in [0.25, 0.3) is 5.89 Å². The molecule has 0 amide bonds. The van der Waals surface area contributed by atoms with Crippen LogP contribution in [0, 0.1) is 0 Å². The van der Waals surface area contributed by atoms with E-state index < -0.39 is 0 Å². The van der Waals surface area contributed by atoms with Gasteiger partial charge in [0.1, 0.15) is 0 Å². The largest absolute Gasteiger partial charge is 0.418 e. The Morgan fingerprint density at radius 2 is 2.19 bits per heavy atom. The third kappa shape index (κ3) is 3.35. The Labute approximate surface area is 136 Å². The van der Waals surface area contributed by atoms with Crippen LogP contribution in [-0.2, 0) is 6.54 Å². The molecule has 0 N–H and O–H groups in total. The zero-order valence-corrected chi connectivity index (χ0v) is 14.0. The highest BCUT2D eigenvalue weighted by Crippen LogP contribution is 2.28. The molecule has 0 radical (unpaired) electrons. The van der Waals surface area contributed by atoms with Gasteiger partial charge in [0.2, 0.25) is 5.89 Å². The zero-order chi connectivity index (χ0) is 14.8. The molecular weight excluding hydrogens is 326 g/mol. The van der Waals surface area contributed by atoms with Gasteiger partial charge in [-0.15, -0.1) is 32.9 Å². The Bertz CT molecular complexity index is 707. The predicted molar refractivity (Wildman–Crippen MR) is 86.8 cm³/mol. The van der Waals surface area contributed by atoms with Crippen LogP contribution in [0.3, 0.4) is 0 Å². The molecule has 0 aliphatic rings. The lowest BCUT2D eigenvalue weighted by Gasteiger charge is -2.20. The molecule has 0 saturated heterocycles. The van der Waals surface area contributed by atoms with Crippen molar-refractivity contribution in [2.45, 2.75) is 19.5 Å². The standard InChI is InChI=1S/C14H14ClN3OS2/c1-9(18(2)8-10-5-6-12(15)21-10)13-16-17-14(19-13)11-4-3-7-20-11/h3-7,9H,8H2,1-2H3. The summed E-state index contributed by atoms with van der Waals surface area (Å²) in [7, 11) is 2.04. The number of rotatable bonds is 5. The van der Waals surface area contributed by atoms with Crippen molar-refractivity contribution < 1.29 is 4.42 Å². The molecule has 1 atom stereocenters. The first-order chi connectivity index (χ1) is 10.1. The molecule has 4 nitrogen and oxygen atoms in total. The smallest absolute Gasteiger partial charge is 0.257 e. The Kier molecular flexibility index (Phi) is 4.40. The van der Waals surface area contributed by atoms with Gasteiger partial charge >= 0.3 is 0 Å². The summed E-state index contributed by atoms with van der Waals surface area (Å²) in [5.41, 5.74) is 0. The molecule has 1 unspecified atom stereocenters. The van der Waals surface area contributed by atoms with Crippen molar-refractivity contribution in [3.8, 4) is 10.8 Å². The first-order valence-corrected chi connectivity index (χ1v) is 8.52. The fraction of sp³-hybridized carbons (Fsp3) is 0.286. The molecular formula is C14H14ClN3OS2. The first kappa shape index (κ1) is 14.7. The van der Waals surface area contributed by atoms with Crippen LogP contribution >= 0.6 is 34.3 Å². The lowest BCUT2D eigenvalue weighted by Crippen LogP contribution is -2.21. The quantitative estimate of drug-likeness (QED) is 0.675. The van der Waals surface area contributed by atoms with E-state index in [1.54, 1.807) is 22.7 Å². The van der Waals surface area contributed by atoms with Gasteiger partial charge in [-0.05, 0) is 37.6 Å². The van der Waals surface area contributed by atoms with E-state index in [1.807, 2.05) is 36.7 Å². The second-order valence-electron chi connectivity index (χ2n) is 4.72. The summed E-state index contributed by atoms with van der Waals surface area (Å²) >= 11 is 9.14. The molecule has 0 spiro atoms.